The fourth-order valence-corrected chi connectivity index (χ4v) is 2.55. The van der Waals surface area contributed by atoms with Crippen LogP contribution < -0.4 is 10.1 Å². The highest BCUT2D eigenvalue weighted by molar-refractivity contribution is 6.30. The summed E-state index contributed by atoms with van der Waals surface area (Å²) in [5.74, 6) is -0.836. The zero-order chi connectivity index (χ0) is 20.7. The van der Waals surface area contributed by atoms with E-state index < -0.39 is 30.1 Å². The molecule has 9 heteroatoms. The van der Waals surface area contributed by atoms with E-state index in [1.165, 1.54) is 23.1 Å². The maximum Gasteiger partial charge on any atom is 0.418 e. The molecule has 0 saturated heterocycles. The molecule has 0 fully saturated rings. The number of rotatable bonds is 7. The van der Waals surface area contributed by atoms with Crippen LogP contribution in [-0.2, 0) is 15.8 Å². The van der Waals surface area contributed by atoms with E-state index in [2.05, 4.69) is 5.32 Å². The zero-order valence-corrected chi connectivity index (χ0v) is 15.7. The molecule has 0 spiro atoms. The van der Waals surface area contributed by atoms with Crippen molar-refractivity contribution >= 4 is 29.1 Å². The summed E-state index contributed by atoms with van der Waals surface area (Å²) in [5, 5.41) is 2.65. The molecule has 28 heavy (non-hydrogen) atoms. The molecule has 2 amide bonds. The van der Waals surface area contributed by atoms with E-state index in [0.717, 1.165) is 12.1 Å². The third kappa shape index (κ3) is 6.16. The van der Waals surface area contributed by atoms with Crippen LogP contribution in [0, 0.1) is 0 Å². The van der Waals surface area contributed by atoms with Gasteiger partial charge < -0.3 is 15.0 Å². The van der Waals surface area contributed by atoms with E-state index in [-0.39, 0.29) is 18.8 Å². The van der Waals surface area contributed by atoms with E-state index >= 15 is 0 Å². The van der Waals surface area contributed by atoms with Crippen molar-refractivity contribution in [3.05, 3.63) is 59.1 Å². The first-order chi connectivity index (χ1) is 13.2. The molecular formula is C19H18ClF3N2O3. The summed E-state index contributed by atoms with van der Waals surface area (Å²) in [4.78, 5) is 25.6. The van der Waals surface area contributed by atoms with Gasteiger partial charge in [-0.3, -0.25) is 9.59 Å². The van der Waals surface area contributed by atoms with Crippen molar-refractivity contribution in [2.75, 3.05) is 25.0 Å². The lowest BCUT2D eigenvalue weighted by molar-refractivity contribution is -0.137. The molecular weight excluding hydrogens is 397 g/mol. The minimum Gasteiger partial charge on any atom is -0.484 e. The first-order valence-electron chi connectivity index (χ1n) is 8.33. The van der Waals surface area contributed by atoms with Crippen LogP contribution in [-0.4, -0.2) is 36.4 Å². The Kier molecular flexibility index (Phi) is 7.28. The van der Waals surface area contributed by atoms with Crippen molar-refractivity contribution in [3.63, 3.8) is 0 Å². The average molecular weight is 415 g/mol. The van der Waals surface area contributed by atoms with E-state index in [4.69, 9.17) is 16.3 Å². The molecule has 0 heterocycles. The summed E-state index contributed by atoms with van der Waals surface area (Å²) in [6.07, 6.45) is -4.60. The number of carbonyl (C=O) groups excluding carboxylic acids is 2. The van der Waals surface area contributed by atoms with Crippen LogP contribution in [0.25, 0.3) is 0 Å². The summed E-state index contributed by atoms with van der Waals surface area (Å²) in [7, 11) is 0. The Morgan fingerprint density at radius 1 is 1.14 bits per heavy atom. The molecule has 1 N–H and O–H groups in total. The molecule has 0 bridgehead atoms. The molecule has 2 aromatic carbocycles. The third-order valence-electron chi connectivity index (χ3n) is 3.73. The van der Waals surface area contributed by atoms with Gasteiger partial charge in [0.05, 0.1) is 17.8 Å². The normalized spacial score (nSPS) is 11.0. The minimum atomic E-state index is -4.60. The fraction of sp³-hybridized carbons (Fsp3) is 0.263. The van der Waals surface area contributed by atoms with Crippen LogP contribution in [0.4, 0.5) is 18.9 Å². The molecule has 0 aliphatic rings. The predicted molar refractivity (Wildman–Crippen MR) is 99.3 cm³/mol. The van der Waals surface area contributed by atoms with Crippen LogP contribution >= 0.6 is 11.6 Å². The largest absolute Gasteiger partial charge is 0.484 e. The smallest absolute Gasteiger partial charge is 0.418 e. The number of hydrogen-bond acceptors (Lipinski definition) is 3. The number of alkyl halides is 3. The quantitative estimate of drug-likeness (QED) is 0.737. The van der Waals surface area contributed by atoms with E-state index in [0.29, 0.717) is 10.8 Å². The molecule has 0 aromatic heterocycles. The number of amides is 2. The molecule has 2 aromatic rings. The second kappa shape index (κ2) is 9.45. The number of anilines is 1. The van der Waals surface area contributed by atoms with Crippen LogP contribution in [0.5, 0.6) is 5.75 Å². The van der Waals surface area contributed by atoms with E-state index in [9.17, 15) is 22.8 Å². The van der Waals surface area contributed by atoms with Gasteiger partial charge in [0.2, 0.25) is 5.91 Å². The lowest BCUT2D eigenvalue weighted by Crippen LogP contribution is -2.40. The molecule has 0 aliphatic carbocycles. The molecule has 2 rings (SSSR count). The Balaban J connectivity index is 1.97. The number of para-hydroxylation sites is 1. The van der Waals surface area contributed by atoms with Crippen molar-refractivity contribution < 1.29 is 27.5 Å². The Bertz CT molecular complexity index is 843. The number of ether oxygens (including phenoxy) is 1. The lowest BCUT2D eigenvalue weighted by atomic mass is 10.1. The lowest BCUT2D eigenvalue weighted by Gasteiger charge is -2.21. The summed E-state index contributed by atoms with van der Waals surface area (Å²) in [6.45, 7) is 1.10. The monoisotopic (exact) mass is 414 g/mol. The molecule has 0 atom stereocenters. The van der Waals surface area contributed by atoms with Gasteiger partial charge in [-0.2, -0.15) is 13.2 Å². The van der Waals surface area contributed by atoms with E-state index in [1.54, 1.807) is 25.1 Å². The third-order valence-corrected chi connectivity index (χ3v) is 3.97. The highest BCUT2D eigenvalue weighted by atomic mass is 35.5. The number of carbonyl (C=O) groups is 2. The first kappa shape index (κ1) is 21.6. The Morgan fingerprint density at radius 2 is 1.86 bits per heavy atom. The number of nitrogens with zero attached hydrogens (tertiary/aromatic N) is 1. The first-order valence-corrected chi connectivity index (χ1v) is 8.70. The van der Waals surface area contributed by atoms with Crippen LogP contribution in [0.2, 0.25) is 5.02 Å². The Hall–Kier alpha value is -2.74. The van der Waals surface area contributed by atoms with Crippen molar-refractivity contribution in [2.24, 2.45) is 0 Å². The molecule has 0 radical (unpaired) electrons. The van der Waals surface area contributed by atoms with Gasteiger partial charge in [-0.25, -0.2) is 0 Å². The molecule has 0 saturated carbocycles. The Labute approximate surface area is 165 Å². The molecule has 150 valence electrons. The molecule has 0 aliphatic heterocycles. The van der Waals surface area contributed by atoms with Gasteiger partial charge in [-0.15, -0.1) is 0 Å². The van der Waals surface area contributed by atoms with Crippen molar-refractivity contribution in [1.82, 2.24) is 4.90 Å². The van der Waals surface area contributed by atoms with Gasteiger partial charge in [0.25, 0.3) is 5.91 Å². The summed E-state index contributed by atoms with van der Waals surface area (Å²) in [6, 6.07) is 11.1. The maximum absolute atomic E-state index is 13.0. The fourth-order valence-electron chi connectivity index (χ4n) is 2.37. The summed E-state index contributed by atoms with van der Waals surface area (Å²) < 4.78 is 44.4. The highest BCUT2D eigenvalue weighted by Gasteiger charge is 2.33. The topological polar surface area (TPSA) is 58.6 Å². The van der Waals surface area contributed by atoms with Crippen molar-refractivity contribution in [2.45, 2.75) is 13.1 Å². The number of halogens is 4. The number of hydrogen-bond donors (Lipinski definition) is 1. The van der Waals surface area contributed by atoms with Crippen LogP contribution in [0.15, 0.2) is 48.5 Å². The van der Waals surface area contributed by atoms with Gasteiger partial charge in [-0.1, -0.05) is 29.8 Å². The zero-order valence-electron chi connectivity index (χ0n) is 14.9. The van der Waals surface area contributed by atoms with Crippen LogP contribution in [0.3, 0.4) is 0 Å². The Morgan fingerprint density at radius 3 is 2.50 bits per heavy atom. The van der Waals surface area contributed by atoms with Crippen molar-refractivity contribution in [3.8, 4) is 5.75 Å². The van der Waals surface area contributed by atoms with Gasteiger partial charge in [0.1, 0.15) is 5.75 Å². The minimum absolute atomic E-state index is 0.187. The number of nitrogens with one attached hydrogen (secondary N) is 1. The standard InChI is InChI=1S/C19H18ClF3N2O3/c1-2-25(18(27)12-28-14-7-5-6-13(20)10-14)11-17(26)24-16-9-4-3-8-15(16)19(21,22)23/h3-10H,2,11-12H2,1H3,(H,24,26). The molecule has 5 nitrogen and oxygen atoms in total. The number of benzene rings is 2. The van der Waals surface area contributed by atoms with Crippen LogP contribution in [0.1, 0.15) is 12.5 Å². The van der Waals surface area contributed by atoms with E-state index in [1.807, 2.05) is 0 Å². The maximum atomic E-state index is 13.0. The predicted octanol–water partition coefficient (Wildman–Crippen LogP) is 4.22. The van der Waals surface area contributed by atoms with Gasteiger partial charge in [-0.05, 0) is 37.3 Å². The highest BCUT2D eigenvalue weighted by Crippen LogP contribution is 2.34. The van der Waals surface area contributed by atoms with Crippen molar-refractivity contribution in [1.29, 1.82) is 0 Å². The second-order valence-corrected chi connectivity index (χ2v) is 6.18. The summed E-state index contributed by atoms with van der Waals surface area (Å²) in [5.41, 5.74) is -1.32. The number of likely N-dealkylation sites (N-methyl/N-ethyl adjacent to an activating group) is 1. The average Bonchev–Trinajstić information content (AvgIpc) is 2.64. The second-order valence-electron chi connectivity index (χ2n) is 5.75. The molecule has 0 unspecified atom stereocenters. The summed E-state index contributed by atoms with van der Waals surface area (Å²) >= 11 is 5.83. The van der Waals surface area contributed by atoms with Gasteiger partial charge in [0.15, 0.2) is 6.61 Å². The SMILES string of the molecule is CCN(CC(=O)Nc1ccccc1C(F)(F)F)C(=O)COc1cccc(Cl)c1. The van der Waals surface area contributed by atoms with Gasteiger partial charge >= 0.3 is 6.18 Å². The van der Waals surface area contributed by atoms with Gasteiger partial charge in [0, 0.05) is 11.6 Å².